The Kier molecular flexibility index (Phi) is 11.5. The minimum absolute atomic E-state index is 0.00287. The van der Waals surface area contributed by atoms with Crippen molar-refractivity contribution < 1.29 is 39.4 Å². The molecule has 0 spiro atoms. The number of rotatable bonds is 8. The molecule has 0 saturated carbocycles. The quantitative estimate of drug-likeness (QED) is 0.107. The van der Waals surface area contributed by atoms with Crippen LogP contribution >= 0.6 is 23.2 Å². The molecule has 240 valence electrons. The molecule has 0 bridgehead atoms. The Morgan fingerprint density at radius 1 is 0.978 bits per heavy atom. The Morgan fingerprint density at radius 3 is 2.31 bits per heavy atom. The first-order valence-electron chi connectivity index (χ1n) is 12.3. The third-order valence-electron chi connectivity index (χ3n) is 5.67. The number of urea groups is 1. The summed E-state index contributed by atoms with van der Waals surface area (Å²) in [4.78, 5) is 20.2. The molecule has 2 amide bonds. The van der Waals surface area contributed by atoms with E-state index in [2.05, 4.69) is 20.6 Å². The fourth-order valence-electron chi connectivity index (χ4n) is 3.81. The van der Waals surface area contributed by atoms with Gasteiger partial charge in [0, 0.05) is 17.8 Å². The van der Waals surface area contributed by atoms with E-state index in [1.54, 1.807) is 42.5 Å². The second-order valence-electron chi connectivity index (χ2n) is 9.03. The van der Waals surface area contributed by atoms with Gasteiger partial charge in [0.05, 0.1) is 15.7 Å². The maximum Gasteiger partial charge on any atom is 0.394 e. The molecule has 0 saturated heterocycles. The van der Waals surface area contributed by atoms with Crippen LogP contribution in [-0.4, -0.2) is 41.9 Å². The molecule has 45 heavy (non-hydrogen) atoms. The van der Waals surface area contributed by atoms with Gasteiger partial charge in [0.2, 0.25) is 5.95 Å². The summed E-state index contributed by atoms with van der Waals surface area (Å²) in [5.41, 5.74) is 14.6. The minimum atomic E-state index is -4.92. The number of aryl methyl sites for hydroxylation is 1. The van der Waals surface area contributed by atoms with E-state index in [0.717, 1.165) is 6.07 Å². The summed E-state index contributed by atoms with van der Waals surface area (Å²) >= 11 is 12.2. The topological polar surface area (TPSA) is 237 Å². The molecule has 0 radical (unpaired) electrons. The molecule has 4 aromatic rings. The zero-order chi connectivity index (χ0) is 33.5. The molecule has 1 heterocycles. The maximum atomic E-state index is 13.5. The van der Waals surface area contributed by atoms with E-state index in [-0.39, 0.29) is 36.2 Å². The number of ether oxygens (including phenoxy) is 1. The van der Waals surface area contributed by atoms with Gasteiger partial charge in [-0.1, -0.05) is 47.5 Å². The first kappa shape index (κ1) is 35.2. The number of nitrogens with two attached hydrogens (primary N) is 2. The predicted molar refractivity (Wildman–Crippen MR) is 167 cm³/mol. The fourth-order valence-corrected chi connectivity index (χ4v) is 4.83. The minimum Gasteiger partial charge on any atom is -0.487 e. The van der Waals surface area contributed by atoms with Gasteiger partial charge in [0.15, 0.2) is 0 Å². The number of carbonyl (C=O) groups is 1. The molecular weight excluding hydrogens is 678 g/mol. The van der Waals surface area contributed by atoms with Crippen LogP contribution in [0.5, 0.6) is 5.75 Å². The van der Waals surface area contributed by atoms with Crippen LogP contribution < -0.4 is 26.8 Å². The highest BCUT2D eigenvalue weighted by molar-refractivity contribution is 7.86. The summed E-state index contributed by atoms with van der Waals surface area (Å²) in [6, 6.07) is 15.3. The highest BCUT2D eigenvalue weighted by Crippen LogP contribution is 2.33. The van der Waals surface area contributed by atoms with Crippen LogP contribution in [0.4, 0.5) is 26.1 Å². The lowest BCUT2D eigenvalue weighted by atomic mass is 10.0. The van der Waals surface area contributed by atoms with Crippen molar-refractivity contribution in [1.82, 2.24) is 15.3 Å². The van der Waals surface area contributed by atoms with Crippen molar-refractivity contribution in [2.75, 3.05) is 16.8 Å². The van der Waals surface area contributed by atoms with Crippen LogP contribution in [-0.2, 0) is 33.8 Å². The molecule has 14 nitrogen and oxygen atoms in total. The van der Waals surface area contributed by atoms with Gasteiger partial charge < -0.3 is 26.8 Å². The molecule has 0 fully saturated rings. The number of aromatic nitrogens is 2. The Morgan fingerprint density at radius 2 is 1.67 bits per heavy atom. The lowest BCUT2D eigenvalue weighted by Crippen LogP contribution is -2.28. The number of hydrogen-bond donors (Lipinski definition) is 6. The third kappa shape index (κ3) is 11.0. The van der Waals surface area contributed by atoms with Crippen molar-refractivity contribution in [1.29, 1.82) is 0 Å². The van der Waals surface area contributed by atoms with E-state index in [1.165, 1.54) is 19.1 Å². The van der Waals surface area contributed by atoms with Crippen molar-refractivity contribution >= 4 is 67.3 Å². The summed E-state index contributed by atoms with van der Waals surface area (Å²) in [7, 11) is -9.59. The molecular formula is C26H25Cl2FN6O8S2. The van der Waals surface area contributed by atoms with E-state index >= 15 is 0 Å². The molecule has 1 aromatic heterocycles. The van der Waals surface area contributed by atoms with Gasteiger partial charge in [-0.3, -0.25) is 9.11 Å². The van der Waals surface area contributed by atoms with E-state index in [1.807, 2.05) is 0 Å². The van der Waals surface area contributed by atoms with Gasteiger partial charge in [-0.05, 0) is 60.0 Å². The predicted octanol–water partition coefficient (Wildman–Crippen LogP) is 4.83. The zero-order valence-electron chi connectivity index (χ0n) is 23.0. The SMILES string of the molecule is Cc1ccc(NC(=O)NCc2cccc(OCc3nc(N)nc(N)c3-c3ccc(Cl)c(Cl)c3)c2)cc1S(=O)(=O)F.O=S(=O)(O)O. The van der Waals surface area contributed by atoms with E-state index in [4.69, 9.17) is 56.9 Å². The van der Waals surface area contributed by atoms with Crippen LogP contribution in [0.2, 0.25) is 10.0 Å². The Bertz CT molecular complexity index is 1940. The largest absolute Gasteiger partial charge is 0.487 e. The molecule has 0 aliphatic rings. The summed E-state index contributed by atoms with van der Waals surface area (Å²) in [6.45, 7) is 1.57. The summed E-state index contributed by atoms with van der Waals surface area (Å²) in [5.74, 6) is 0.610. The number of amides is 2. The number of benzene rings is 3. The van der Waals surface area contributed by atoms with Gasteiger partial charge in [-0.2, -0.15) is 21.8 Å². The van der Waals surface area contributed by atoms with Gasteiger partial charge in [-0.25, -0.2) is 9.78 Å². The van der Waals surface area contributed by atoms with Gasteiger partial charge >= 0.3 is 26.7 Å². The average molecular weight is 704 g/mol. The maximum absolute atomic E-state index is 13.5. The molecule has 0 aliphatic heterocycles. The van der Waals surface area contributed by atoms with Crippen LogP contribution in [0.25, 0.3) is 11.1 Å². The Balaban J connectivity index is 0.00000102. The average Bonchev–Trinajstić information content (AvgIpc) is 2.92. The molecule has 0 atom stereocenters. The van der Waals surface area contributed by atoms with Crippen LogP contribution in [0.3, 0.4) is 0 Å². The third-order valence-corrected chi connectivity index (χ3v) is 7.38. The van der Waals surface area contributed by atoms with Crippen LogP contribution in [0.15, 0.2) is 65.6 Å². The van der Waals surface area contributed by atoms with Crippen LogP contribution in [0.1, 0.15) is 16.8 Å². The zero-order valence-corrected chi connectivity index (χ0v) is 26.2. The standard InChI is InChI=1S/C26H23Cl2FN6O4S.H2O4S/c1-14-5-7-17(11-22(14)40(29,37)38)33-26(36)32-12-15-3-2-4-18(9-15)39-13-21-23(24(30)35-25(31)34-21)16-6-8-19(27)20(28)10-16;1-5(2,3)4/h2-11H,12-13H2,1H3,(H2,32,33,36)(H4,30,31,34,35);(H2,1,2,3,4). The molecule has 8 N–H and O–H groups in total. The Labute approximate surface area is 267 Å². The van der Waals surface area contributed by atoms with Gasteiger partial charge in [0.25, 0.3) is 0 Å². The molecule has 3 aromatic carbocycles. The number of hydrogen-bond acceptors (Lipinski definition) is 10. The monoisotopic (exact) mass is 702 g/mol. The second-order valence-corrected chi connectivity index (χ2v) is 12.1. The fraction of sp³-hybridized carbons (Fsp3) is 0.115. The number of nitrogens with one attached hydrogen (secondary N) is 2. The smallest absolute Gasteiger partial charge is 0.394 e. The lowest BCUT2D eigenvalue weighted by Gasteiger charge is -2.14. The van der Waals surface area contributed by atoms with Crippen molar-refractivity contribution in [3.63, 3.8) is 0 Å². The summed E-state index contributed by atoms with van der Waals surface area (Å²) in [6.07, 6.45) is 0. The van der Waals surface area contributed by atoms with Crippen molar-refractivity contribution in [3.05, 3.63) is 87.5 Å². The number of nitrogens with zero attached hydrogens (tertiary/aromatic N) is 2. The van der Waals surface area contributed by atoms with Crippen LogP contribution in [0, 0.1) is 6.92 Å². The number of carbonyl (C=O) groups excluding carboxylic acids is 1. The molecule has 19 heteroatoms. The first-order chi connectivity index (χ1) is 20.9. The van der Waals surface area contributed by atoms with E-state index < -0.39 is 31.5 Å². The van der Waals surface area contributed by atoms with Crippen molar-refractivity contribution in [2.24, 2.45) is 0 Å². The summed E-state index contributed by atoms with van der Waals surface area (Å²) < 4.78 is 73.6. The molecule has 4 rings (SSSR count). The normalized spacial score (nSPS) is 11.2. The highest BCUT2D eigenvalue weighted by atomic mass is 35.5. The second kappa shape index (κ2) is 14.7. The van der Waals surface area contributed by atoms with E-state index in [0.29, 0.717) is 38.2 Å². The lowest BCUT2D eigenvalue weighted by molar-refractivity contribution is 0.251. The van der Waals surface area contributed by atoms with E-state index in [9.17, 15) is 17.1 Å². The van der Waals surface area contributed by atoms with Gasteiger partial charge in [-0.15, -0.1) is 3.89 Å². The van der Waals surface area contributed by atoms with Crippen molar-refractivity contribution in [2.45, 2.75) is 25.0 Å². The number of nitrogen functional groups attached to an aromatic ring is 2. The summed E-state index contributed by atoms with van der Waals surface area (Å²) in [5, 5.41) is 5.85. The number of halogens is 3. The Hall–Kier alpha value is -4.26. The molecule has 0 aliphatic carbocycles. The number of anilines is 3. The molecule has 0 unspecified atom stereocenters. The highest BCUT2D eigenvalue weighted by Gasteiger charge is 2.17. The van der Waals surface area contributed by atoms with Gasteiger partial charge in [0.1, 0.15) is 23.1 Å². The van der Waals surface area contributed by atoms with Crippen molar-refractivity contribution in [3.8, 4) is 16.9 Å². The first-order valence-corrected chi connectivity index (χ1v) is 15.8.